The van der Waals surface area contributed by atoms with Gasteiger partial charge in [0, 0.05) is 18.9 Å². The lowest BCUT2D eigenvalue weighted by Gasteiger charge is -2.25. The minimum atomic E-state index is 0.282. The molecule has 1 N–H and O–H groups in total. The lowest BCUT2D eigenvalue weighted by Crippen LogP contribution is -2.25. The first-order valence-electron chi connectivity index (χ1n) is 8.64. The Kier molecular flexibility index (Phi) is 4.00. The summed E-state index contributed by atoms with van der Waals surface area (Å²) in [6.45, 7) is 7.54. The molecule has 24 heavy (non-hydrogen) atoms. The summed E-state index contributed by atoms with van der Waals surface area (Å²) < 4.78 is 0. The number of aryl methyl sites for hydroxylation is 1. The van der Waals surface area contributed by atoms with Crippen LogP contribution in [-0.2, 0) is 6.42 Å². The van der Waals surface area contributed by atoms with Gasteiger partial charge in [0.25, 0.3) is 0 Å². The first-order chi connectivity index (χ1) is 11.6. The maximum atomic E-state index is 4.86. The first-order valence-corrected chi connectivity index (χ1v) is 9.52. The van der Waals surface area contributed by atoms with Gasteiger partial charge in [-0.25, -0.2) is 15.0 Å². The minimum absolute atomic E-state index is 0.282. The monoisotopic (exact) mass is 341 g/mol. The maximum Gasteiger partial charge on any atom is 0.142 e. The summed E-state index contributed by atoms with van der Waals surface area (Å²) in [7, 11) is 0. The summed E-state index contributed by atoms with van der Waals surface area (Å²) in [6.07, 6.45) is 7.09. The SMILES string of the molecule is Cc1nc(N2CCCC2c2ncc[nH]2)c2c(CC(C)C)csc2n1. The molecule has 1 aliphatic rings. The van der Waals surface area contributed by atoms with E-state index < -0.39 is 0 Å². The quantitative estimate of drug-likeness (QED) is 0.770. The van der Waals surface area contributed by atoms with Crippen LogP contribution in [0.2, 0.25) is 0 Å². The van der Waals surface area contributed by atoms with E-state index in [1.807, 2.05) is 19.3 Å². The van der Waals surface area contributed by atoms with Crippen molar-refractivity contribution in [3.63, 3.8) is 0 Å². The van der Waals surface area contributed by atoms with Gasteiger partial charge in [-0.2, -0.15) is 0 Å². The molecule has 0 aromatic carbocycles. The summed E-state index contributed by atoms with van der Waals surface area (Å²) in [5.74, 6) is 3.60. The van der Waals surface area contributed by atoms with E-state index in [2.05, 4.69) is 39.1 Å². The number of thiophene rings is 1. The van der Waals surface area contributed by atoms with Gasteiger partial charge in [0.15, 0.2) is 0 Å². The van der Waals surface area contributed by atoms with E-state index >= 15 is 0 Å². The lowest BCUT2D eigenvalue weighted by atomic mass is 10.0. The number of aromatic amines is 1. The Morgan fingerprint density at radius 2 is 2.25 bits per heavy atom. The van der Waals surface area contributed by atoms with E-state index in [9.17, 15) is 0 Å². The van der Waals surface area contributed by atoms with E-state index in [0.29, 0.717) is 5.92 Å². The molecule has 0 radical (unpaired) electrons. The zero-order chi connectivity index (χ0) is 16.7. The number of aromatic nitrogens is 4. The summed E-state index contributed by atoms with van der Waals surface area (Å²) in [6, 6.07) is 0.282. The van der Waals surface area contributed by atoms with Crippen molar-refractivity contribution in [3.05, 3.63) is 35.0 Å². The number of H-pyrrole nitrogens is 1. The van der Waals surface area contributed by atoms with Crippen LogP contribution in [-0.4, -0.2) is 26.5 Å². The van der Waals surface area contributed by atoms with Gasteiger partial charge in [0.1, 0.15) is 22.3 Å². The molecule has 3 aromatic rings. The molecule has 6 heteroatoms. The summed E-state index contributed by atoms with van der Waals surface area (Å²) in [5.41, 5.74) is 1.38. The van der Waals surface area contributed by atoms with Gasteiger partial charge in [-0.3, -0.25) is 0 Å². The van der Waals surface area contributed by atoms with Crippen LogP contribution in [0.4, 0.5) is 5.82 Å². The first kappa shape index (κ1) is 15.6. The lowest BCUT2D eigenvalue weighted by molar-refractivity contribution is 0.649. The Labute approximate surface area is 146 Å². The number of anilines is 1. The average molecular weight is 341 g/mol. The Hall–Kier alpha value is -1.95. The molecule has 0 spiro atoms. The van der Waals surface area contributed by atoms with Gasteiger partial charge in [-0.1, -0.05) is 13.8 Å². The zero-order valence-corrected chi connectivity index (χ0v) is 15.2. The van der Waals surface area contributed by atoms with Crippen LogP contribution < -0.4 is 4.90 Å². The van der Waals surface area contributed by atoms with Crippen LogP contribution >= 0.6 is 11.3 Å². The summed E-state index contributed by atoms with van der Waals surface area (Å²) in [4.78, 5) is 20.9. The van der Waals surface area contributed by atoms with E-state index in [1.54, 1.807) is 11.3 Å². The van der Waals surface area contributed by atoms with Gasteiger partial charge in [0.05, 0.1) is 11.4 Å². The molecule has 0 amide bonds. The third-order valence-electron chi connectivity index (χ3n) is 4.59. The van der Waals surface area contributed by atoms with Crippen LogP contribution in [0.1, 0.15) is 49.9 Å². The Bertz CT molecular complexity index is 837. The molecule has 1 unspecified atom stereocenters. The molecular formula is C18H23N5S. The third kappa shape index (κ3) is 2.69. The van der Waals surface area contributed by atoms with Gasteiger partial charge in [-0.15, -0.1) is 11.3 Å². The maximum absolute atomic E-state index is 4.86. The second-order valence-corrected chi connectivity index (χ2v) is 7.82. The van der Waals surface area contributed by atoms with Crippen molar-refractivity contribution in [2.75, 3.05) is 11.4 Å². The normalized spacial score (nSPS) is 18.2. The Morgan fingerprint density at radius 1 is 1.38 bits per heavy atom. The standard InChI is InChI=1S/C18H23N5S/c1-11(2)9-13-10-24-18-15(13)17(21-12(3)22-18)23-8-4-5-14(23)16-19-6-7-20-16/h6-7,10-11,14H,4-5,8-9H2,1-3H3,(H,19,20). The predicted molar refractivity (Wildman–Crippen MR) is 98.6 cm³/mol. The van der Waals surface area contributed by atoms with Crippen molar-refractivity contribution in [3.8, 4) is 0 Å². The van der Waals surface area contributed by atoms with Crippen molar-refractivity contribution in [1.82, 2.24) is 19.9 Å². The molecule has 0 saturated carbocycles. The highest BCUT2D eigenvalue weighted by Gasteiger charge is 2.31. The molecule has 0 aliphatic carbocycles. The van der Waals surface area contributed by atoms with Crippen LogP contribution in [0, 0.1) is 12.8 Å². The molecular weight excluding hydrogens is 318 g/mol. The van der Waals surface area contributed by atoms with Gasteiger partial charge in [-0.05, 0) is 43.0 Å². The van der Waals surface area contributed by atoms with Crippen molar-refractivity contribution >= 4 is 27.4 Å². The average Bonchev–Trinajstić information content (AvgIpc) is 3.26. The molecule has 3 aromatic heterocycles. The van der Waals surface area contributed by atoms with Gasteiger partial charge in [0.2, 0.25) is 0 Å². The fourth-order valence-corrected chi connectivity index (χ4v) is 4.64. The highest BCUT2D eigenvalue weighted by atomic mass is 32.1. The number of hydrogen-bond acceptors (Lipinski definition) is 5. The van der Waals surface area contributed by atoms with Crippen molar-refractivity contribution < 1.29 is 0 Å². The van der Waals surface area contributed by atoms with Crippen molar-refractivity contribution in [2.45, 2.75) is 46.1 Å². The molecule has 1 atom stereocenters. The molecule has 0 bridgehead atoms. The molecule has 4 rings (SSSR count). The fraction of sp³-hybridized carbons (Fsp3) is 0.500. The summed E-state index contributed by atoms with van der Waals surface area (Å²) >= 11 is 1.74. The Morgan fingerprint density at radius 3 is 3.00 bits per heavy atom. The van der Waals surface area contributed by atoms with Crippen molar-refractivity contribution in [1.29, 1.82) is 0 Å². The Balaban J connectivity index is 1.84. The van der Waals surface area contributed by atoms with E-state index in [0.717, 1.165) is 41.7 Å². The van der Waals surface area contributed by atoms with E-state index in [4.69, 9.17) is 4.98 Å². The molecule has 4 heterocycles. The topological polar surface area (TPSA) is 57.7 Å². The van der Waals surface area contributed by atoms with E-state index in [-0.39, 0.29) is 6.04 Å². The smallest absolute Gasteiger partial charge is 0.142 e. The van der Waals surface area contributed by atoms with Crippen LogP contribution in [0.3, 0.4) is 0 Å². The number of fused-ring (bicyclic) bond motifs is 1. The number of imidazole rings is 1. The third-order valence-corrected chi connectivity index (χ3v) is 5.51. The van der Waals surface area contributed by atoms with Gasteiger partial charge >= 0.3 is 0 Å². The minimum Gasteiger partial charge on any atom is -0.347 e. The van der Waals surface area contributed by atoms with Crippen LogP contribution in [0.5, 0.6) is 0 Å². The molecule has 5 nitrogen and oxygen atoms in total. The number of nitrogens with zero attached hydrogens (tertiary/aromatic N) is 4. The molecule has 1 fully saturated rings. The number of hydrogen-bond donors (Lipinski definition) is 1. The molecule has 1 saturated heterocycles. The number of nitrogens with one attached hydrogen (secondary N) is 1. The zero-order valence-electron chi connectivity index (χ0n) is 14.4. The van der Waals surface area contributed by atoms with E-state index in [1.165, 1.54) is 17.4 Å². The predicted octanol–water partition coefficient (Wildman–Crippen LogP) is 4.26. The fourth-order valence-electron chi connectivity index (χ4n) is 3.65. The van der Waals surface area contributed by atoms with Crippen LogP contribution in [0.15, 0.2) is 17.8 Å². The van der Waals surface area contributed by atoms with Crippen LogP contribution in [0.25, 0.3) is 10.2 Å². The molecule has 1 aliphatic heterocycles. The largest absolute Gasteiger partial charge is 0.347 e. The molecule has 126 valence electrons. The highest BCUT2D eigenvalue weighted by molar-refractivity contribution is 7.17. The van der Waals surface area contributed by atoms with Crippen molar-refractivity contribution in [2.24, 2.45) is 5.92 Å². The highest BCUT2D eigenvalue weighted by Crippen LogP contribution is 2.40. The summed E-state index contributed by atoms with van der Waals surface area (Å²) in [5, 5.41) is 3.51. The number of rotatable bonds is 4. The second kappa shape index (κ2) is 6.16. The van der Waals surface area contributed by atoms with Gasteiger partial charge < -0.3 is 9.88 Å². The second-order valence-electron chi connectivity index (χ2n) is 6.96.